The summed E-state index contributed by atoms with van der Waals surface area (Å²) in [6, 6.07) is 0. The second-order valence-corrected chi connectivity index (χ2v) is 5.45. The summed E-state index contributed by atoms with van der Waals surface area (Å²) >= 11 is 0. The van der Waals surface area contributed by atoms with Gasteiger partial charge in [-0.25, -0.2) is 4.98 Å². The van der Waals surface area contributed by atoms with Crippen molar-refractivity contribution in [2.75, 3.05) is 24.2 Å². The molecule has 0 aromatic carbocycles. The summed E-state index contributed by atoms with van der Waals surface area (Å²) in [5.74, 6) is 2.75. The normalized spacial score (nSPS) is 22.4. The summed E-state index contributed by atoms with van der Waals surface area (Å²) in [5, 5.41) is 3.34. The van der Waals surface area contributed by atoms with E-state index in [1.54, 1.807) is 0 Å². The second-order valence-electron chi connectivity index (χ2n) is 5.45. The monoisotopic (exact) mass is 264 g/mol. The molecule has 1 heterocycles. The van der Waals surface area contributed by atoms with Crippen molar-refractivity contribution in [1.29, 1.82) is 0 Å². The topological polar surface area (TPSA) is 73.1 Å². The zero-order chi connectivity index (χ0) is 13.7. The summed E-state index contributed by atoms with van der Waals surface area (Å²) in [4.78, 5) is 8.27. The fourth-order valence-electron chi connectivity index (χ4n) is 2.59. The van der Waals surface area contributed by atoms with Crippen molar-refractivity contribution in [3.05, 3.63) is 6.33 Å². The number of rotatable bonds is 6. The van der Waals surface area contributed by atoms with Gasteiger partial charge in [-0.2, -0.15) is 4.98 Å². The predicted molar refractivity (Wildman–Crippen MR) is 77.2 cm³/mol. The van der Waals surface area contributed by atoms with E-state index in [1.807, 2.05) is 0 Å². The highest BCUT2D eigenvalue weighted by atomic mass is 16.5. The Morgan fingerprint density at radius 2 is 2.26 bits per heavy atom. The molecule has 1 saturated carbocycles. The molecule has 1 aliphatic rings. The molecule has 0 spiro atoms. The van der Waals surface area contributed by atoms with Crippen molar-refractivity contribution < 1.29 is 4.74 Å². The van der Waals surface area contributed by atoms with Crippen LogP contribution in [0.15, 0.2) is 6.33 Å². The van der Waals surface area contributed by atoms with E-state index >= 15 is 0 Å². The van der Waals surface area contributed by atoms with Crippen LogP contribution in [0, 0.1) is 11.8 Å². The van der Waals surface area contributed by atoms with Gasteiger partial charge in [-0.3, -0.25) is 0 Å². The summed E-state index contributed by atoms with van der Waals surface area (Å²) in [7, 11) is 0. The molecule has 1 aromatic heterocycles. The first-order valence-corrected chi connectivity index (χ1v) is 7.17. The summed E-state index contributed by atoms with van der Waals surface area (Å²) in [6.45, 7) is 5.92. The van der Waals surface area contributed by atoms with Crippen molar-refractivity contribution >= 4 is 11.5 Å². The molecule has 5 heteroatoms. The van der Waals surface area contributed by atoms with Gasteiger partial charge in [0.15, 0.2) is 5.82 Å². The van der Waals surface area contributed by atoms with Gasteiger partial charge in [0.2, 0.25) is 5.88 Å². The van der Waals surface area contributed by atoms with Crippen LogP contribution in [-0.2, 0) is 0 Å². The highest BCUT2D eigenvalue weighted by Crippen LogP contribution is 2.31. The number of hydrogen-bond donors (Lipinski definition) is 2. The van der Waals surface area contributed by atoms with E-state index < -0.39 is 0 Å². The maximum Gasteiger partial charge on any atom is 0.242 e. The third-order valence-electron chi connectivity index (χ3n) is 3.65. The fourth-order valence-corrected chi connectivity index (χ4v) is 2.59. The molecule has 19 heavy (non-hydrogen) atoms. The van der Waals surface area contributed by atoms with Gasteiger partial charge in [-0.05, 0) is 31.1 Å². The number of nitrogens with zero attached hydrogens (tertiary/aromatic N) is 2. The zero-order valence-electron chi connectivity index (χ0n) is 11.9. The maximum atomic E-state index is 6.02. The Balaban J connectivity index is 1.92. The summed E-state index contributed by atoms with van der Waals surface area (Å²) < 4.78 is 5.50. The number of ether oxygens (including phenoxy) is 1. The highest BCUT2D eigenvalue weighted by molar-refractivity contribution is 5.66. The molecule has 0 amide bonds. The zero-order valence-corrected chi connectivity index (χ0v) is 11.9. The summed E-state index contributed by atoms with van der Waals surface area (Å²) in [5.41, 5.74) is 6.54. The molecule has 106 valence electrons. The molecule has 0 bridgehead atoms. The largest absolute Gasteiger partial charge is 0.476 e. The van der Waals surface area contributed by atoms with E-state index in [9.17, 15) is 0 Å². The Hall–Kier alpha value is -1.52. The van der Waals surface area contributed by atoms with Gasteiger partial charge in [0.25, 0.3) is 0 Å². The SMILES string of the molecule is CCCOc1ncnc(NCC2CCC(C)C2)c1N. The van der Waals surface area contributed by atoms with E-state index in [0.717, 1.165) is 24.8 Å². The first-order valence-electron chi connectivity index (χ1n) is 7.17. The minimum Gasteiger partial charge on any atom is -0.476 e. The molecule has 5 nitrogen and oxygen atoms in total. The van der Waals surface area contributed by atoms with Crippen LogP contribution in [-0.4, -0.2) is 23.1 Å². The lowest BCUT2D eigenvalue weighted by molar-refractivity contribution is 0.306. The van der Waals surface area contributed by atoms with Crippen LogP contribution in [0.1, 0.15) is 39.5 Å². The third kappa shape index (κ3) is 3.72. The molecule has 2 atom stereocenters. The average Bonchev–Trinajstić information content (AvgIpc) is 2.82. The molecule has 3 N–H and O–H groups in total. The van der Waals surface area contributed by atoms with Crippen LogP contribution in [0.4, 0.5) is 11.5 Å². The van der Waals surface area contributed by atoms with Crippen molar-refractivity contribution in [2.24, 2.45) is 11.8 Å². The van der Waals surface area contributed by atoms with Gasteiger partial charge >= 0.3 is 0 Å². The lowest BCUT2D eigenvalue weighted by Crippen LogP contribution is -2.14. The van der Waals surface area contributed by atoms with E-state index in [0.29, 0.717) is 24.0 Å². The molecule has 0 saturated heterocycles. The van der Waals surface area contributed by atoms with Crippen LogP contribution < -0.4 is 15.8 Å². The Labute approximate surface area is 115 Å². The van der Waals surface area contributed by atoms with E-state index in [4.69, 9.17) is 10.5 Å². The summed E-state index contributed by atoms with van der Waals surface area (Å²) in [6.07, 6.45) is 6.35. The number of nitrogen functional groups attached to an aromatic ring is 1. The van der Waals surface area contributed by atoms with Gasteiger partial charge in [-0.15, -0.1) is 0 Å². The molecule has 1 aromatic rings. The Kier molecular flexibility index (Phi) is 4.82. The van der Waals surface area contributed by atoms with Crippen molar-refractivity contribution in [2.45, 2.75) is 39.5 Å². The van der Waals surface area contributed by atoms with Crippen LogP contribution in [0.5, 0.6) is 5.88 Å². The van der Waals surface area contributed by atoms with E-state index in [2.05, 4.69) is 29.1 Å². The fraction of sp³-hybridized carbons (Fsp3) is 0.714. The molecule has 0 aliphatic heterocycles. The maximum absolute atomic E-state index is 6.02. The highest BCUT2D eigenvalue weighted by Gasteiger charge is 2.21. The van der Waals surface area contributed by atoms with Crippen molar-refractivity contribution in [3.63, 3.8) is 0 Å². The number of hydrogen-bond acceptors (Lipinski definition) is 5. The predicted octanol–water partition coefficient (Wildman–Crippen LogP) is 2.70. The molecule has 2 unspecified atom stereocenters. The van der Waals surface area contributed by atoms with Gasteiger partial charge in [0, 0.05) is 6.54 Å². The first-order chi connectivity index (χ1) is 9.20. The Bertz CT molecular complexity index is 410. The lowest BCUT2D eigenvalue weighted by Gasteiger charge is -2.14. The lowest BCUT2D eigenvalue weighted by atomic mass is 10.1. The van der Waals surface area contributed by atoms with Gasteiger partial charge < -0.3 is 15.8 Å². The molecule has 1 aliphatic carbocycles. The molecular formula is C14H24N4O. The van der Waals surface area contributed by atoms with Crippen LogP contribution in [0.2, 0.25) is 0 Å². The smallest absolute Gasteiger partial charge is 0.242 e. The Morgan fingerprint density at radius 1 is 1.42 bits per heavy atom. The number of aromatic nitrogens is 2. The van der Waals surface area contributed by atoms with E-state index in [-0.39, 0.29) is 0 Å². The third-order valence-corrected chi connectivity index (χ3v) is 3.65. The second kappa shape index (κ2) is 6.59. The van der Waals surface area contributed by atoms with Gasteiger partial charge in [0.1, 0.15) is 12.0 Å². The molecular weight excluding hydrogens is 240 g/mol. The van der Waals surface area contributed by atoms with Crippen molar-refractivity contribution in [3.8, 4) is 5.88 Å². The average molecular weight is 264 g/mol. The van der Waals surface area contributed by atoms with Crippen LogP contribution in [0.25, 0.3) is 0 Å². The molecule has 0 radical (unpaired) electrons. The number of anilines is 2. The van der Waals surface area contributed by atoms with Crippen molar-refractivity contribution in [1.82, 2.24) is 9.97 Å². The minimum atomic E-state index is 0.485. The standard InChI is InChI=1S/C14H24N4O/c1-3-6-19-14-12(15)13(17-9-18-14)16-8-11-5-4-10(2)7-11/h9-11H,3-8,15H2,1-2H3,(H,16,17,18). The minimum absolute atomic E-state index is 0.485. The Morgan fingerprint density at radius 3 is 2.95 bits per heavy atom. The van der Waals surface area contributed by atoms with Gasteiger partial charge in [-0.1, -0.05) is 20.3 Å². The van der Waals surface area contributed by atoms with E-state index in [1.165, 1.54) is 25.6 Å². The molecule has 2 rings (SSSR count). The number of nitrogens with one attached hydrogen (secondary N) is 1. The quantitative estimate of drug-likeness (QED) is 0.826. The van der Waals surface area contributed by atoms with Crippen LogP contribution in [0.3, 0.4) is 0 Å². The number of nitrogens with two attached hydrogens (primary N) is 1. The van der Waals surface area contributed by atoms with Crippen LogP contribution >= 0.6 is 0 Å². The van der Waals surface area contributed by atoms with Gasteiger partial charge in [0.05, 0.1) is 6.61 Å². The molecule has 1 fully saturated rings. The first kappa shape index (κ1) is 13.9.